The molecule has 1 saturated heterocycles. The lowest BCUT2D eigenvalue weighted by Crippen LogP contribution is -2.46. The monoisotopic (exact) mass is 198 g/mol. The van der Waals surface area contributed by atoms with E-state index in [-0.39, 0.29) is 0 Å². The largest absolute Gasteiger partial charge is 0.374 e. The highest BCUT2D eigenvalue weighted by Crippen LogP contribution is 2.38. The minimum absolute atomic E-state index is 0.464. The van der Waals surface area contributed by atoms with E-state index in [2.05, 4.69) is 41.5 Å². The summed E-state index contributed by atoms with van der Waals surface area (Å²) >= 11 is 0. The Bertz CT molecular complexity index is 174. The maximum absolute atomic E-state index is 6.19. The minimum atomic E-state index is 0.464. The first-order valence-electron chi connectivity index (χ1n) is 6.14. The molecule has 0 aromatic carbocycles. The lowest BCUT2D eigenvalue weighted by atomic mass is 9.73. The summed E-state index contributed by atoms with van der Waals surface area (Å²) in [5.41, 5.74) is 0. The van der Waals surface area contributed by atoms with Gasteiger partial charge in [-0.1, -0.05) is 41.5 Å². The molecule has 1 fully saturated rings. The lowest BCUT2D eigenvalue weighted by Gasteiger charge is -2.45. The van der Waals surface area contributed by atoms with Crippen molar-refractivity contribution in [1.82, 2.24) is 0 Å². The highest BCUT2D eigenvalue weighted by Gasteiger charge is 2.39. The van der Waals surface area contributed by atoms with E-state index in [4.69, 9.17) is 4.74 Å². The van der Waals surface area contributed by atoms with Gasteiger partial charge in [-0.25, -0.2) is 0 Å². The standard InChI is InChI=1S/C13H26O/c1-7-12-10(5)9(4)11(6)13(14-12)8(2)3/h8-13H,7H2,1-6H3/t9-,10+,11?,12?,13-/m1/s1. The van der Waals surface area contributed by atoms with Crippen molar-refractivity contribution in [2.45, 2.75) is 60.2 Å². The highest BCUT2D eigenvalue weighted by atomic mass is 16.5. The van der Waals surface area contributed by atoms with Gasteiger partial charge in [-0.3, -0.25) is 0 Å². The van der Waals surface area contributed by atoms with Gasteiger partial charge in [0.2, 0.25) is 0 Å². The summed E-state index contributed by atoms with van der Waals surface area (Å²) in [7, 11) is 0. The van der Waals surface area contributed by atoms with Crippen LogP contribution in [0.5, 0.6) is 0 Å². The van der Waals surface area contributed by atoms with Crippen LogP contribution in [0.25, 0.3) is 0 Å². The second kappa shape index (κ2) is 4.65. The Morgan fingerprint density at radius 2 is 1.57 bits per heavy atom. The van der Waals surface area contributed by atoms with E-state index in [0.29, 0.717) is 30.0 Å². The Labute approximate surface area is 89.2 Å². The second-order valence-corrected chi connectivity index (χ2v) is 5.37. The Morgan fingerprint density at radius 1 is 1.00 bits per heavy atom. The molecule has 1 nitrogen and oxygen atoms in total. The molecule has 0 N–H and O–H groups in total. The summed E-state index contributed by atoms with van der Waals surface area (Å²) in [6.07, 6.45) is 2.10. The fourth-order valence-corrected chi connectivity index (χ4v) is 2.80. The molecule has 0 aromatic heterocycles. The topological polar surface area (TPSA) is 9.23 Å². The van der Waals surface area contributed by atoms with E-state index in [9.17, 15) is 0 Å². The van der Waals surface area contributed by atoms with Crippen molar-refractivity contribution >= 4 is 0 Å². The smallest absolute Gasteiger partial charge is 0.0630 e. The first-order chi connectivity index (χ1) is 6.49. The predicted octanol–water partition coefficient (Wildman–Crippen LogP) is 3.73. The lowest BCUT2D eigenvalue weighted by molar-refractivity contribution is -0.149. The van der Waals surface area contributed by atoms with Gasteiger partial charge in [-0.2, -0.15) is 0 Å². The predicted molar refractivity (Wildman–Crippen MR) is 61.3 cm³/mol. The molecule has 1 aliphatic heterocycles. The Hall–Kier alpha value is -0.0400. The van der Waals surface area contributed by atoms with E-state index in [1.54, 1.807) is 0 Å². The molecule has 2 unspecified atom stereocenters. The van der Waals surface area contributed by atoms with E-state index in [0.717, 1.165) is 12.3 Å². The normalized spacial score (nSPS) is 44.4. The third-order valence-electron chi connectivity index (χ3n) is 4.15. The number of rotatable bonds is 2. The summed E-state index contributed by atoms with van der Waals surface area (Å²) in [5.74, 6) is 2.85. The zero-order chi connectivity index (χ0) is 10.9. The van der Waals surface area contributed by atoms with Crippen LogP contribution in [0.3, 0.4) is 0 Å². The van der Waals surface area contributed by atoms with Crippen LogP contribution in [-0.4, -0.2) is 12.2 Å². The summed E-state index contributed by atoms with van der Waals surface area (Å²) in [4.78, 5) is 0. The van der Waals surface area contributed by atoms with Gasteiger partial charge in [0.15, 0.2) is 0 Å². The Balaban J connectivity index is 2.73. The Morgan fingerprint density at radius 3 is 2.00 bits per heavy atom. The zero-order valence-corrected chi connectivity index (χ0v) is 10.6. The van der Waals surface area contributed by atoms with Crippen molar-refractivity contribution in [2.24, 2.45) is 23.7 Å². The summed E-state index contributed by atoms with van der Waals surface area (Å²) < 4.78 is 6.19. The molecule has 1 heterocycles. The molecule has 1 rings (SSSR count). The molecular weight excluding hydrogens is 172 g/mol. The van der Waals surface area contributed by atoms with Crippen LogP contribution in [-0.2, 0) is 4.74 Å². The van der Waals surface area contributed by atoms with Crippen LogP contribution in [0.1, 0.15) is 48.0 Å². The van der Waals surface area contributed by atoms with Gasteiger partial charge in [0.25, 0.3) is 0 Å². The molecule has 1 aliphatic rings. The van der Waals surface area contributed by atoms with Gasteiger partial charge >= 0.3 is 0 Å². The van der Waals surface area contributed by atoms with Crippen molar-refractivity contribution < 1.29 is 4.74 Å². The van der Waals surface area contributed by atoms with E-state index in [1.165, 1.54) is 0 Å². The summed E-state index contributed by atoms with van der Waals surface area (Å²) in [6.45, 7) is 13.9. The van der Waals surface area contributed by atoms with E-state index in [1.807, 2.05) is 0 Å². The Kier molecular flexibility index (Phi) is 4.00. The molecule has 0 spiro atoms. The minimum Gasteiger partial charge on any atom is -0.374 e. The maximum atomic E-state index is 6.19. The van der Waals surface area contributed by atoms with Crippen LogP contribution >= 0.6 is 0 Å². The number of hydrogen-bond acceptors (Lipinski definition) is 1. The molecule has 0 bridgehead atoms. The first-order valence-corrected chi connectivity index (χ1v) is 6.14. The third-order valence-corrected chi connectivity index (χ3v) is 4.15. The van der Waals surface area contributed by atoms with Crippen molar-refractivity contribution in [2.75, 3.05) is 0 Å². The van der Waals surface area contributed by atoms with Crippen LogP contribution < -0.4 is 0 Å². The average Bonchev–Trinajstić information content (AvgIpc) is 2.14. The second-order valence-electron chi connectivity index (χ2n) is 5.37. The van der Waals surface area contributed by atoms with Gasteiger partial charge in [0.1, 0.15) is 0 Å². The summed E-state index contributed by atoms with van der Waals surface area (Å²) in [6, 6.07) is 0. The highest BCUT2D eigenvalue weighted by molar-refractivity contribution is 4.86. The zero-order valence-electron chi connectivity index (χ0n) is 10.6. The first kappa shape index (κ1) is 12.0. The molecule has 0 radical (unpaired) electrons. The van der Waals surface area contributed by atoms with Crippen molar-refractivity contribution in [3.8, 4) is 0 Å². The maximum Gasteiger partial charge on any atom is 0.0630 e. The van der Waals surface area contributed by atoms with Gasteiger partial charge in [0, 0.05) is 0 Å². The average molecular weight is 198 g/mol. The van der Waals surface area contributed by atoms with Crippen LogP contribution in [0.4, 0.5) is 0 Å². The number of ether oxygens (including phenoxy) is 1. The SMILES string of the molecule is CCC1O[C@H](C(C)C)C(C)[C@H](C)[C@@H]1C. The fourth-order valence-electron chi connectivity index (χ4n) is 2.80. The molecular formula is C13H26O. The van der Waals surface area contributed by atoms with E-state index < -0.39 is 0 Å². The van der Waals surface area contributed by atoms with Crippen molar-refractivity contribution in [3.63, 3.8) is 0 Å². The quantitative estimate of drug-likeness (QED) is 0.657. The molecule has 0 aliphatic carbocycles. The van der Waals surface area contributed by atoms with Gasteiger partial charge in [-0.05, 0) is 30.1 Å². The number of hydrogen-bond donors (Lipinski definition) is 0. The molecule has 0 amide bonds. The molecule has 1 heteroatoms. The van der Waals surface area contributed by atoms with Gasteiger partial charge in [0.05, 0.1) is 12.2 Å². The molecule has 5 atom stereocenters. The molecule has 84 valence electrons. The van der Waals surface area contributed by atoms with Gasteiger partial charge < -0.3 is 4.74 Å². The van der Waals surface area contributed by atoms with Gasteiger partial charge in [-0.15, -0.1) is 0 Å². The third kappa shape index (κ3) is 2.13. The van der Waals surface area contributed by atoms with Crippen LogP contribution in [0.2, 0.25) is 0 Å². The molecule has 0 aromatic rings. The van der Waals surface area contributed by atoms with Crippen molar-refractivity contribution in [3.05, 3.63) is 0 Å². The molecule has 0 saturated carbocycles. The molecule has 14 heavy (non-hydrogen) atoms. The van der Waals surface area contributed by atoms with E-state index >= 15 is 0 Å². The summed E-state index contributed by atoms with van der Waals surface area (Å²) in [5, 5.41) is 0. The van der Waals surface area contributed by atoms with Crippen LogP contribution in [0, 0.1) is 23.7 Å². The van der Waals surface area contributed by atoms with Crippen LogP contribution in [0.15, 0.2) is 0 Å². The van der Waals surface area contributed by atoms with Crippen molar-refractivity contribution in [1.29, 1.82) is 0 Å². The fraction of sp³-hybridized carbons (Fsp3) is 1.00.